The molecule has 1 amide bonds. The topological polar surface area (TPSA) is 52.4 Å². The lowest BCUT2D eigenvalue weighted by Gasteiger charge is -2.32. The van der Waals surface area contributed by atoms with Crippen LogP contribution in [0.1, 0.15) is 5.56 Å². The van der Waals surface area contributed by atoms with E-state index < -0.39 is 0 Å². The smallest absolute Gasteiger partial charge is 0.260 e. The van der Waals surface area contributed by atoms with Crippen molar-refractivity contribution in [3.8, 4) is 17.2 Å². The fourth-order valence-electron chi connectivity index (χ4n) is 3.23. The SMILES string of the molecule is COc1ccc(OCC(=O)N2CC[NH+](Cc3cccc(OC)c3)CC2)cc1. The van der Waals surface area contributed by atoms with Crippen molar-refractivity contribution in [2.45, 2.75) is 6.54 Å². The lowest BCUT2D eigenvalue weighted by molar-refractivity contribution is -0.917. The first kappa shape index (κ1) is 19.0. The molecule has 3 rings (SSSR count). The highest BCUT2D eigenvalue weighted by Gasteiger charge is 2.24. The molecule has 1 saturated heterocycles. The average molecular weight is 371 g/mol. The zero-order valence-corrected chi connectivity index (χ0v) is 15.9. The third kappa shape index (κ3) is 5.37. The number of carbonyl (C=O) groups excluding carboxylic acids is 1. The van der Waals surface area contributed by atoms with Crippen molar-refractivity contribution in [1.82, 2.24) is 4.90 Å². The van der Waals surface area contributed by atoms with E-state index in [-0.39, 0.29) is 12.5 Å². The Labute approximate surface area is 160 Å². The van der Waals surface area contributed by atoms with E-state index in [0.29, 0.717) is 5.75 Å². The number of ether oxygens (including phenoxy) is 3. The van der Waals surface area contributed by atoms with Crippen molar-refractivity contribution in [3.63, 3.8) is 0 Å². The summed E-state index contributed by atoms with van der Waals surface area (Å²) >= 11 is 0. The summed E-state index contributed by atoms with van der Waals surface area (Å²) in [6, 6.07) is 15.4. The summed E-state index contributed by atoms with van der Waals surface area (Å²) in [4.78, 5) is 15.8. The Morgan fingerprint density at radius 2 is 1.63 bits per heavy atom. The normalized spacial score (nSPS) is 14.7. The maximum Gasteiger partial charge on any atom is 0.260 e. The van der Waals surface area contributed by atoms with Crippen molar-refractivity contribution in [1.29, 1.82) is 0 Å². The van der Waals surface area contributed by atoms with Gasteiger partial charge in [0.1, 0.15) is 23.8 Å². The molecule has 27 heavy (non-hydrogen) atoms. The molecule has 0 spiro atoms. The Bertz CT molecular complexity index is 740. The van der Waals surface area contributed by atoms with Gasteiger partial charge in [-0.25, -0.2) is 0 Å². The minimum atomic E-state index is 0.0336. The molecule has 6 nitrogen and oxygen atoms in total. The zero-order chi connectivity index (χ0) is 19.1. The molecule has 144 valence electrons. The summed E-state index contributed by atoms with van der Waals surface area (Å²) in [6.07, 6.45) is 0. The molecule has 1 N–H and O–H groups in total. The number of methoxy groups -OCH3 is 2. The number of hydrogen-bond acceptors (Lipinski definition) is 4. The summed E-state index contributed by atoms with van der Waals surface area (Å²) < 4.78 is 16.0. The standard InChI is InChI=1S/C21H26N2O4/c1-25-18-6-8-19(9-7-18)27-16-21(24)23-12-10-22(11-13-23)15-17-4-3-5-20(14-17)26-2/h3-9,14H,10-13,15-16H2,1-2H3/p+1. The maximum atomic E-state index is 12.4. The number of carbonyl (C=O) groups is 1. The molecule has 6 heteroatoms. The zero-order valence-electron chi connectivity index (χ0n) is 15.9. The van der Waals surface area contributed by atoms with Gasteiger partial charge in [0.2, 0.25) is 0 Å². The minimum Gasteiger partial charge on any atom is -0.497 e. The third-order valence-corrected chi connectivity index (χ3v) is 4.83. The van der Waals surface area contributed by atoms with Gasteiger partial charge in [-0.05, 0) is 36.4 Å². The van der Waals surface area contributed by atoms with E-state index in [1.54, 1.807) is 14.2 Å². The number of piperazine rings is 1. The second-order valence-electron chi connectivity index (χ2n) is 6.62. The fraction of sp³-hybridized carbons (Fsp3) is 0.381. The van der Waals surface area contributed by atoms with Crippen LogP contribution in [0.4, 0.5) is 0 Å². The molecule has 0 aliphatic carbocycles. The van der Waals surface area contributed by atoms with Gasteiger partial charge in [0.15, 0.2) is 6.61 Å². The monoisotopic (exact) mass is 371 g/mol. The molecule has 1 aliphatic heterocycles. The van der Waals surface area contributed by atoms with E-state index >= 15 is 0 Å². The lowest BCUT2D eigenvalue weighted by Crippen LogP contribution is -3.13. The van der Waals surface area contributed by atoms with Crippen LogP contribution in [0.5, 0.6) is 17.2 Å². The molecular formula is C21H27N2O4+. The van der Waals surface area contributed by atoms with Gasteiger partial charge < -0.3 is 24.0 Å². The summed E-state index contributed by atoms with van der Waals surface area (Å²) in [5.74, 6) is 2.36. The molecule has 1 fully saturated rings. The molecule has 0 bridgehead atoms. The molecular weight excluding hydrogens is 344 g/mol. The molecule has 0 unspecified atom stereocenters. The highest BCUT2D eigenvalue weighted by Crippen LogP contribution is 2.17. The largest absolute Gasteiger partial charge is 0.497 e. The van der Waals surface area contributed by atoms with Gasteiger partial charge in [0.25, 0.3) is 5.91 Å². The number of rotatable bonds is 7. The quantitative estimate of drug-likeness (QED) is 0.789. The van der Waals surface area contributed by atoms with E-state index in [1.807, 2.05) is 41.3 Å². The number of quaternary nitrogens is 1. The minimum absolute atomic E-state index is 0.0336. The Morgan fingerprint density at radius 3 is 2.30 bits per heavy atom. The number of hydrogen-bond donors (Lipinski definition) is 1. The summed E-state index contributed by atoms with van der Waals surface area (Å²) in [7, 11) is 3.31. The van der Waals surface area contributed by atoms with E-state index in [1.165, 1.54) is 10.5 Å². The van der Waals surface area contributed by atoms with Crippen LogP contribution < -0.4 is 19.1 Å². The lowest BCUT2D eigenvalue weighted by atomic mass is 10.2. The number of nitrogens with one attached hydrogen (secondary N) is 1. The number of nitrogens with zero attached hydrogens (tertiary/aromatic N) is 1. The molecule has 0 atom stereocenters. The average Bonchev–Trinajstić information content (AvgIpc) is 2.73. The molecule has 1 heterocycles. The Balaban J connectivity index is 1.43. The molecule has 2 aromatic rings. The van der Waals surface area contributed by atoms with Crippen LogP contribution in [0.15, 0.2) is 48.5 Å². The van der Waals surface area contributed by atoms with E-state index in [9.17, 15) is 4.79 Å². The first-order valence-electron chi connectivity index (χ1n) is 9.19. The summed E-state index contributed by atoms with van der Waals surface area (Å²) in [5.41, 5.74) is 1.26. The van der Waals surface area contributed by atoms with Gasteiger partial charge in [-0.15, -0.1) is 0 Å². The van der Waals surface area contributed by atoms with Crippen molar-refractivity contribution in [2.75, 3.05) is 47.0 Å². The van der Waals surface area contributed by atoms with E-state index in [0.717, 1.165) is 44.2 Å². The van der Waals surface area contributed by atoms with Crippen LogP contribution >= 0.6 is 0 Å². The van der Waals surface area contributed by atoms with Crippen molar-refractivity contribution >= 4 is 5.91 Å². The van der Waals surface area contributed by atoms with Gasteiger partial charge in [0.05, 0.1) is 40.4 Å². The fourth-order valence-corrected chi connectivity index (χ4v) is 3.23. The molecule has 0 aromatic heterocycles. The summed E-state index contributed by atoms with van der Waals surface area (Å²) in [6.45, 7) is 4.39. The molecule has 1 aliphatic rings. The maximum absolute atomic E-state index is 12.4. The number of benzene rings is 2. The van der Waals surface area contributed by atoms with Crippen LogP contribution in [-0.4, -0.2) is 57.8 Å². The van der Waals surface area contributed by atoms with Crippen LogP contribution in [0.2, 0.25) is 0 Å². The van der Waals surface area contributed by atoms with Crippen molar-refractivity contribution in [2.24, 2.45) is 0 Å². The highest BCUT2D eigenvalue weighted by atomic mass is 16.5. The second-order valence-corrected chi connectivity index (χ2v) is 6.62. The van der Waals surface area contributed by atoms with Gasteiger partial charge in [-0.1, -0.05) is 12.1 Å². The molecule has 2 aromatic carbocycles. The molecule has 0 saturated carbocycles. The number of amides is 1. The Morgan fingerprint density at radius 1 is 0.963 bits per heavy atom. The second kappa shape index (κ2) is 9.28. The Kier molecular flexibility index (Phi) is 6.54. The van der Waals surface area contributed by atoms with Crippen LogP contribution in [0, 0.1) is 0 Å². The van der Waals surface area contributed by atoms with Crippen molar-refractivity contribution in [3.05, 3.63) is 54.1 Å². The van der Waals surface area contributed by atoms with Gasteiger partial charge in [-0.2, -0.15) is 0 Å². The first-order valence-corrected chi connectivity index (χ1v) is 9.19. The Hall–Kier alpha value is -2.73. The van der Waals surface area contributed by atoms with Crippen molar-refractivity contribution < 1.29 is 23.9 Å². The predicted octanol–water partition coefficient (Wildman–Crippen LogP) is 1.01. The summed E-state index contributed by atoms with van der Waals surface area (Å²) in [5, 5.41) is 0. The van der Waals surface area contributed by atoms with E-state index in [2.05, 4.69) is 12.1 Å². The third-order valence-electron chi connectivity index (χ3n) is 4.83. The molecule has 0 radical (unpaired) electrons. The van der Waals surface area contributed by atoms with Crippen LogP contribution in [-0.2, 0) is 11.3 Å². The predicted molar refractivity (Wildman–Crippen MR) is 102 cm³/mol. The van der Waals surface area contributed by atoms with Crippen LogP contribution in [0.3, 0.4) is 0 Å². The van der Waals surface area contributed by atoms with Gasteiger partial charge in [-0.3, -0.25) is 4.79 Å². The van der Waals surface area contributed by atoms with Gasteiger partial charge in [0, 0.05) is 5.56 Å². The van der Waals surface area contributed by atoms with E-state index in [4.69, 9.17) is 14.2 Å². The highest BCUT2D eigenvalue weighted by molar-refractivity contribution is 5.77. The van der Waals surface area contributed by atoms with Gasteiger partial charge >= 0.3 is 0 Å². The van der Waals surface area contributed by atoms with Crippen LogP contribution in [0.25, 0.3) is 0 Å². The first-order chi connectivity index (χ1) is 13.2.